The molecule has 0 aliphatic carbocycles. The minimum atomic E-state index is -0.211. The summed E-state index contributed by atoms with van der Waals surface area (Å²) in [5, 5.41) is 19.6. The van der Waals surface area contributed by atoms with E-state index < -0.39 is 0 Å². The molecular weight excluding hydrogens is 775 g/mol. The van der Waals surface area contributed by atoms with E-state index in [0.29, 0.717) is 11.8 Å². The van der Waals surface area contributed by atoms with Crippen molar-refractivity contribution in [2.45, 2.75) is 66.3 Å². The van der Waals surface area contributed by atoms with Crippen LogP contribution >= 0.6 is 11.3 Å². The van der Waals surface area contributed by atoms with E-state index in [2.05, 4.69) is 142 Å². The van der Waals surface area contributed by atoms with Crippen LogP contribution < -0.4 is 0 Å². The molecule has 5 rings (SSSR count). The maximum atomic E-state index is 5.63. The topological polar surface area (TPSA) is 74.2 Å². The fraction of sp³-hybridized carbons (Fsp3) is 0.425. The quantitative estimate of drug-likeness (QED) is 0.151. The second-order valence-corrected chi connectivity index (χ2v) is 13.4. The van der Waals surface area contributed by atoms with E-state index in [1.165, 1.54) is 49.0 Å². The number of benzene rings is 3. The molecule has 2 aromatic heterocycles. The molecule has 8 heteroatoms. The Morgan fingerprint density at radius 2 is 1.23 bits per heavy atom. The van der Waals surface area contributed by atoms with E-state index in [1.54, 1.807) is 53.6 Å². The number of nitrogens with zero attached hydrogens (tertiary/aromatic N) is 6. The van der Waals surface area contributed by atoms with Gasteiger partial charge in [0.05, 0.1) is 11.5 Å². The van der Waals surface area contributed by atoms with Crippen molar-refractivity contribution in [3.8, 4) is 11.3 Å². The standard InChI is InChI=1S/C34H38N3S.3C2H6N.Hf/c1-20(2)25-13-11-14-26(21(3)4)32(25)36-33(31-23(6)16-22(5)17-24(31)7)34-35-29(18-37(34)8)28-19-38-30-15-10-9-12-27(28)30;3*1-3-2;/h9-21,33H,1-8H3;3*1-2H3;/q4*-1;. The Bertz CT molecular complexity index is 1620. The van der Waals surface area contributed by atoms with Gasteiger partial charge in [-0.3, -0.25) is 0 Å². The zero-order valence-electron chi connectivity index (χ0n) is 31.7. The number of fused-ring (bicyclic) bond motifs is 1. The Kier molecular flexibility index (Phi) is 19.4. The van der Waals surface area contributed by atoms with Gasteiger partial charge in [0.1, 0.15) is 0 Å². The van der Waals surface area contributed by atoms with Crippen molar-refractivity contribution in [2.24, 2.45) is 7.05 Å². The number of para-hydroxylation sites is 1. The fourth-order valence-electron chi connectivity index (χ4n) is 5.70. The van der Waals surface area contributed by atoms with Gasteiger partial charge in [-0.25, -0.2) is 4.98 Å². The maximum Gasteiger partial charge on any atom is 0.0984 e. The molecule has 1 atom stereocenters. The van der Waals surface area contributed by atoms with Crippen LogP contribution in [0.5, 0.6) is 0 Å². The third kappa shape index (κ3) is 11.2. The molecule has 260 valence electrons. The molecule has 0 aliphatic rings. The van der Waals surface area contributed by atoms with Crippen LogP contribution in [0, 0.1) is 20.8 Å². The Morgan fingerprint density at radius 3 is 1.73 bits per heavy atom. The summed E-state index contributed by atoms with van der Waals surface area (Å²) < 4.78 is 3.47. The molecule has 48 heavy (non-hydrogen) atoms. The van der Waals surface area contributed by atoms with Gasteiger partial charge in [0.2, 0.25) is 0 Å². The smallest absolute Gasteiger partial charge is 0.0984 e. The molecule has 0 N–H and O–H groups in total. The van der Waals surface area contributed by atoms with E-state index in [0.717, 1.165) is 17.2 Å². The Morgan fingerprint density at radius 1 is 0.729 bits per heavy atom. The molecule has 0 spiro atoms. The van der Waals surface area contributed by atoms with Gasteiger partial charge in [0.15, 0.2) is 0 Å². The molecule has 3 aromatic carbocycles. The summed E-state index contributed by atoms with van der Waals surface area (Å²) >= 11 is 1.78. The third-order valence-electron chi connectivity index (χ3n) is 7.53. The van der Waals surface area contributed by atoms with Gasteiger partial charge in [-0.15, -0.1) is 17.0 Å². The first-order chi connectivity index (χ1) is 22.4. The van der Waals surface area contributed by atoms with Gasteiger partial charge in [-0.05, 0) is 61.4 Å². The summed E-state index contributed by atoms with van der Waals surface area (Å²) in [6, 6.07) is 19.6. The summed E-state index contributed by atoms with van der Waals surface area (Å²) in [5.41, 5.74) is 10.9. The normalized spacial score (nSPS) is 11.1. The molecule has 6 nitrogen and oxygen atoms in total. The monoisotopic (exact) mass is 832 g/mol. The number of aryl methyl sites for hydroxylation is 4. The number of rotatable bonds is 7. The summed E-state index contributed by atoms with van der Waals surface area (Å²) in [4.78, 5) is 5.30. The number of imidazole rings is 1. The first-order valence-corrected chi connectivity index (χ1v) is 17.1. The summed E-state index contributed by atoms with van der Waals surface area (Å²) in [6.07, 6.45) is 2.17. The van der Waals surface area contributed by atoms with Crippen LogP contribution in [-0.4, -0.2) is 51.8 Å². The van der Waals surface area contributed by atoms with E-state index in [1.807, 2.05) is 0 Å². The van der Waals surface area contributed by atoms with Crippen LogP contribution in [0.25, 0.3) is 42.6 Å². The second kappa shape index (κ2) is 21.5. The van der Waals surface area contributed by atoms with E-state index in [9.17, 15) is 0 Å². The van der Waals surface area contributed by atoms with Crippen molar-refractivity contribution in [1.29, 1.82) is 0 Å². The van der Waals surface area contributed by atoms with E-state index >= 15 is 0 Å². The molecule has 0 saturated heterocycles. The van der Waals surface area contributed by atoms with Crippen molar-refractivity contribution in [3.63, 3.8) is 0 Å². The average Bonchev–Trinajstić information content (AvgIpc) is 3.60. The molecular formula is C40H56HfN6S-4. The van der Waals surface area contributed by atoms with Gasteiger partial charge in [-0.2, -0.15) is 42.3 Å². The predicted molar refractivity (Wildman–Crippen MR) is 210 cm³/mol. The van der Waals surface area contributed by atoms with Gasteiger partial charge in [0.25, 0.3) is 0 Å². The summed E-state index contributed by atoms with van der Waals surface area (Å²) in [7, 11) is 12.6. The first kappa shape index (κ1) is 43.4. The average molecular weight is 831 g/mol. The Balaban J connectivity index is 0.00000104. The van der Waals surface area contributed by atoms with Crippen molar-refractivity contribution in [2.75, 3.05) is 42.3 Å². The molecule has 0 saturated carbocycles. The molecule has 1 unspecified atom stereocenters. The third-order valence-corrected chi connectivity index (χ3v) is 8.49. The summed E-state index contributed by atoms with van der Waals surface area (Å²) in [6.45, 7) is 15.6. The van der Waals surface area contributed by atoms with Crippen LogP contribution in [-0.2, 0) is 32.9 Å². The molecule has 0 amide bonds. The largest absolute Gasteiger partial charge is 0.671 e. The van der Waals surface area contributed by atoms with Crippen molar-refractivity contribution < 1.29 is 25.8 Å². The molecule has 0 fully saturated rings. The van der Waals surface area contributed by atoms with Gasteiger partial charge >= 0.3 is 0 Å². The van der Waals surface area contributed by atoms with Crippen LogP contribution in [0.1, 0.15) is 84.8 Å². The Hall–Kier alpha value is -2.62. The first-order valence-electron chi connectivity index (χ1n) is 16.2. The minimum absolute atomic E-state index is 0. The van der Waals surface area contributed by atoms with Crippen LogP contribution in [0.4, 0.5) is 5.69 Å². The van der Waals surface area contributed by atoms with Gasteiger partial charge < -0.3 is 25.8 Å². The number of aromatic nitrogens is 2. The van der Waals surface area contributed by atoms with Crippen LogP contribution in [0.3, 0.4) is 0 Å². The van der Waals surface area contributed by atoms with Crippen molar-refractivity contribution in [3.05, 3.63) is 127 Å². The van der Waals surface area contributed by atoms with Crippen molar-refractivity contribution in [1.82, 2.24) is 9.55 Å². The molecule has 0 bridgehead atoms. The maximum absolute atomic E-state index is 5.63. The molecule has 5 aromatic rings. The summed E-state index contributed by atoms with van der Waals surface area (Å²) in [5.74, 6) is 1.73. The molecule has 0 radical (unpaired) electrons. The molecule has 0 aliphatic heterocycles. The van der Waals surface area contributed by atoms with Gasteiger partial charge in [-0.1, -0.05) is 92.9 Å². The predicted octanol–water partition coefficient (Wildman–Crippen LogP) is 12.1. The Labute approximate surface area is 314 Å². The SMILES string of the molecule is C[N-]C.C[N-]C.C[N-]C.Cc1cc(C)c(C([N-]c2c(C(C)C)cccc2C(C)C)c2nc(-c3csc4ccccc34)cn2C)c(C)c1.[Hf]. The van der Waals surface area contributed by atoms with Crippen LogP contribution in [0.15, 0.2) is 66.2 Å². The second-order valence-electron chi connectivity index (χ2n) is 12.5. The van der Waals surface area contributed by atoms with Crippen molar-refractivity contribution >= 4 is 27.1 Å². The van der Waals surface area contributed by atoms with Crippen LogP contribution in [0.2, 0.25) is 0 Å². The zero-order valence-corrected chi connectivity index (χ0v) is 36.1. The van der Waals surface area contributed by atoms with E-state index in [4.69, 9.17) is 10.3 Å². The minimum Gasteiger partial charge on any atom is -0.671 e. The fourth-order valence-corrected chi connectivity index (χ4v) is 6.66. The number of hydrogen-bond acceptors (Lipinski definition) is 2. The van der Waals surface area contributed by atoms with Gasteiger partial charge in [0, 0.05) is 60.1 Å². The number of thiophene rings is 1. The molecule has 2 heterocycles. The zero-order chi connectivity index (χ0) is 35.3. The number of hydrogen-bond donors (Lipinski definition) is 0. The van der Waals surface area contributed by atoms with E-state index in [-0.39, 0.29) is 31.9 Å².